The molecule has 1 fully saturated rings. The van der Waals surface area contributed by atoms with Gasteiger partial charge in [0.25, 0.3) is 0 Å². The molecule has 0 radical (unpaired) electrons. The number of likely N-dealkylation sites (tertiary alicyclic amines) is 1. The summed E-state index contributed by atoms with van der Waals surface area (Å²) in [5.74, 6) is 0.469. The lowest BCUT2D eigenvalue weighted by Crippen LogP contribution is -2.42. The van der Waals surface area contributed by atoms with Gasteiger partial charge in [0.1, 0.15) is 6.10 Å². The Morgan fingerprint density at radius 3 is 3.09 bits per heavy atom. The molecular weight excluding hydrogens is 312 g/mol. The van der Waals surface area contributed by atoms with Crippen molar-refractivity contribution in [2.24, 2.45) is 10.7 Å². The summed E-state index contributed by atoms with van der Waals surface area (Å²) in [5.41, 5.74) is 6.99. The van der Waals surface area contributed by atoms with E-state index in [0.29, 0.717) is 23.6 Å². The smallest absolute Gasteiger partial charge is 0.188 e. The first kappa shape index (κ1) is 18.0. The molecule has 1 aliphatic heterocycles. The third-order valence-electron chi connectivity index (χ3n) is 4.36. The summed E-state index contributed by atoms with van der Waals surface area (Å²) in [6, 6.07) is 8.19. The molecule has 0 amide bonds. The van der Waals surface area contributed by atoms with Crippen LogP contribution in [0.15, 0.2) is 29.3 Å². The fourth-order valence-electron chi connectivity index (χ4n) is 3.03. The van der Waals surface area contributed by atoms with Gasteiger partial charge in [0.05, 0.1) is 6.54 Å². The summed E-state index contributed by atoms with van der Waals surface area (Å²) in [6.45, 7) is 5.78. The normalized spacial score (nSPS) is 20.7. The highest BCUT2D eigenvalue weighted by Crippen LogP contribution is 2.20. The van der Waals surface area contributed by atoms with Gasteiger partial charge < -0.3 is 15.8 Å². The lowest BCUT2D eigenvalue weighted by atomic mass is 10.1. The fraction of sp³-hybridized carbons (Fsp3) is 0.588. The number of aliphatic imine (C=N–C) groups is 1. The maximum absolute atomic E-state index is 6.03. The van der Waals surface area contributed by atoms with E-state index in [0.717, 1.165) is 18.7 Å². The Hall–Kier alpha value is -1.30. The maximum atomic E-state index is 6.03. The molecule has 0 saturated carbocycles. The number of benzene rings is 1. The van der Waals surface area contributed by atoms with E-state index >= 15 is 0 Å². The molecule has 1 aliphatic rings. The predicted octanol–water partition coefficient (Wildman–Crippen LogP) is 2.42. The summed E-state index contributed by atoms with van der Waals surface area (Å²) in [4.78, 5) is 6.89. The highest BCUT2D eigenvalue weighted by molar-refractivity contribution is 6.30. The Labute approximate surface area is 143 Å². The number of hydrogen-bond donors (Lipinski definition) is 2. The first-order chi connectivity index (χ1) is 11.1. The van der Waals surface area contributed by atoms with Crippen LogP contribution in [0.5, 0.6) is 0 Å². The average Bonchev–Trinajstić information content (AvgIpc) is 3.01. The Morgan fingerprint density at radius 2 is 2.39 bits per heavy atom. The van der Waals surface area contributed by atoms with Crippen molar-refractivity contribution in [2.75, 3.05) is 33.3 Å². The van der Waals surface area contributed by atoms with Gasteiger partial charge >= 0.3 is 0 Å². The molecule has 1 heterocycles. The number of methoxy groups -OCH3 is 1. The van der Waals surface area contributed by atoms with Crippen molar-refractivity contribution < 1.29 is 4.74 Å². The van der Waals surface area contributed by atoms with Crippen molar-refractivity contribution in [1.29, 1.82) is 0 Å². The van der Waals surface area contributed by atoms with Crippen molar-refractivity contribution in [3.63, 3.8) is 0 Å². The van der Waals surface area contributed by atoms with E-state index in [2.05, 4.69) is 22.1 Å². The van der Waals surface area contributed by atoms with Gasteiger partial charge in [-0.2, -0.15) is 0 Å². The molecule has 1 saturated heterocycles. The summed E-state index contributed by atoms with van der Waals surface area (Å²) in [6.07, 6.45) is 2.34. The highest BCUT2D eigenvalue weighted by Gasteiger charge is 2.22. The van der Waals surface area contributed by atoms with Crippen LogP contribution in [0.25, 0.3) is 0 Å². The molecule has 2 unspecified atom stereocenters. The molecule has 0 spiro atoms. The number of rotatable bonds is 7. The van der Waals surface area contributed by atoms with E-state index in [1.54, 1.807) is 7.11 Å². The Bertz CT molecular complexity index is 523. The van der Waals surface area contributed by atoms with E-state index in [1.807, 2.05) is 24.3 Å². The molecule has 5 nitrogen and oxygen atoms in total. The second-order valence-corrected chi connectivity index (χ2v) is 6.25. The summed E-state index contributed by atoms with van der Waals surface area (Å²) >= 11 is 6.03. The van der Waals surface area contributed by atoms with Crippen molar-refractivity contribution in [1.82, 2.24) is 10.2 Å². The molecule has 0 aliphatic carbocycles. The van der Waals surface area contributed by atoms with E-state index in [9.17, 15) is 0 Å². The fourth-order valence-corrected chi connectivity index (χ4v) is 3.22. The maximum Gasteiger partial charge on any atom is 0.188 e. The van der Waals surface area contributed by atoms with Gasteiger partial charge in [-0.25, -0.2) is 0 Å². The lowest BCUT2D eigenvalue weighted by Gasteiger charge is -2.23. The van der Waals surface area contributed by atoms with Crippen LogP contribution >= 0.6 is 11.6 Å². The monoisotopic (exact) mass is 338 g/mol. The van der Waals surface area contributed by atoms with Gasteiger partial charge in [0.2, 0.25) is 0 Å². The van der Waals surface area contributed by atoms with Crippen LogP contribution in [0.2, 0.25) is 5.02 Å². The Kier molecular flexibility index (Phi) is 7.15. The molecule has 3 N–H and O–H groups in total. The summed E-state index contributed by atoms with van der Waals surface area (Å²) < 4.78 is 5.50. The van der Waals surface area contributed by atoms with Gasteiger partial charge in [-0.15, -0.1) is 0 Å². The number of nitrogens with two attached hydrogens (primary N) is 1. The zero-order valence-corrected chi connectivity index (χ0v) is 14.7. The lowest BCUT2D eigenvalue weighted by molar-refractivity contribution is 0.111. The predicted molar refractivity (Wildman–Crippen MR) is 96.0 cm³/mol. The number of ether oxygens (including phenoxy) is 1. The number of halogens is 1. The molecule has 0 bridgehead atoms. The second kappa shape index (κ2) is 9.11. The number of nitrogens with zero attached hydrogens (tertiary/aromatic N) is 2. The number of nitrogens with one attached hydrogen (secondary N) is 1. The van der Waals surface area contributed by atoms with Crippen LogP contribution in [0.3, 0.4) is 0 Å². The van der Waals surface area contributed by atoms with Crippen molar-refractivity contribution in [3.8, 4) is 0 Å². The number of guanidine groups is 1. The minimum absolute atomic E-state index is 0.146. The third kappa shape index (κ3) is 5.37. The largest absolute Gasteiger partial charge is 0.375 e. The zero-order valence-electron chi connectivity index (χ0n) is 14.0. The van der Waals surface area contributed by atoms with Crippen molar-refractivity contribution >= 4 is 17.6 Å². The minimum atomic E-state index is -0.146. The molecule has 2 atom stereocenters. The van der Waals surface area contributed by atoms with E-state index in [4.69, 9.17) is 22.1 Å². The van der Waals surface area contributed by atoms with E-state index in [-0.39, 0.29) is 6.10 Å². The van der Waals surface area contributed by atoms with Crippen LogP contribution < -0.4 is 11.1 Å². The van der Waals surface area contributed by atoms with Gasteiger partial charge in [0.15, 0.2) is 5.96 Å². The standard InChI is InChI=1S/C17H27ClN4O/c1-3-22-9-5-8-15(22)11-20-17(19)21-12-16(23-2)13-6-4-7-14(18)10-13/h4,6-7,10,15-16H,3,5,8-9,11-12H2,1-2H3,(H3,19,20,21). The molecule has 6 heteroatoms. The first-order valence-corrected chi connectivity index (χ1v) is 8.58. The van der Waals surface area contributed by atoms with Crippen LogP contribution in [-0.2, 0) is 4.74 Å². The van der Waals surface area contributed by atoms with E-state index in [1.165, 1.54) is 19.4 Å². The third-order valence-corrected chi connectivity index (χ3v) is 4.59. The van der Waals surface area contributed by atoms with E-state index < -0.39 is 0 Å². The Morgan fingerprint density at radius 1 is 1.57 bits per heavy atom. The van der Waals surface area contributed by atoms with Gasteiger partial charge in [-0.05, 0) is 43.6 Å². The van der Waals surface area contributed by atoms with Crippen LogP contribution in [0.4, 0.5) is 0 Å². The topological polar surface area (TPSA) is 62.9 Å². The summed E-state index contributed by atoms with van der Waals surface area (Å²) in [5, 5.41) is 3.93. The molecule has 128 valence electrons. The first-order valence-electron chi connectivity index (χ1n) is 8.20. The van der Waals surface area contributed by atoms with Gasteiger partial charge in [-0.3, -0.25) is 9.89 Å². The molecule has 1 aromatic carbocycles. The number of likely N-dealkylation sites (N-methyl/N-ethyl adjacent to an activating group) is 1. The molecule has 2 rings (SSSR count). The van der Waals surface area contributed by atoms with Crippen LogP contribution in [0.1, 0.15) is 31.4 Å². The molecule has 1 aromatic rings. The Balaban J connectivity index is 1.85. The van der Waals surface area contributed by atoms with Crippen molar-refractivity contribution in [3.05, 3.63) is 34.9 Å². The average molecular weight is 339 g/mol. The van der Waals surface area contributed by atoms with Gasteiger partial charge in [-0.1, -0.05) is 30.7 Å². The molecular formula is C17H27ClN4O. The quantitative estimate of drug-likeness (QED) is 0.592. The number of hydrogen-bond acceptors (Lipinski definition) is 3. The molecule has 23 heavy (non-hydrogen) atoms. The van der Waals surface area contributed by atoms with Crippen LogP contribution in [-0.4, -0.2) is 50.2 Å². The molecule has 0 aromatic heterocycles. The minimum Gasteiger partial charge on any atom is -0.375 e. The van der Waals surface area contributed by atoms with Gasteiger partial charge in [0, 0.05) is 24.7 Å². The van der Waals surface area contributed by atoms with Crippen molar-refractivity contribution in [2.45, 2.75) is 31.9 Å². The zero-order chi connectivity index (χ0) is 16.7. The summed E-state index contributed by atoms with van der Waals surface area (Å²) in [7, 11) is 1.67. The SMILES string of the molecule is CCN1CCCC1CNC(N)=NCC(OC)c1cccc(Cl)c1. The van der Waals surface area contributed by atoms with Crippen LogP contribution in [0, 0.1) is 0 Å². The highest BCUT2D eigenvalue weighted by atomic mass is 35.5. The second-order valence-electron chi connectivity index (χ2n) is 5.81.